The summed E-state index contributed by atoms with van der Waals surface area (Å²) in [5.41, 5.74) is 0. The normalized spacial score (nSPS) is 10.5. The first kappa shape index (κ1) is 14.5. The first-order valence-electron chi connectivity index (χ1n) is 3.52. The molecule has 0 spiro atoms. The Balaban J connectivity index is 0. The molecule has 76 valence electrons. The summed E-state index contributed by atoms with van der Waals surface area (Å²) in [5, 5.41) is 11.5. The number of halogens is 1. The standard InChI is InChI=1S/C8H14N2O2.ClH/c1-4-8(12)9-5-7(11)6-10(2)3;/h4-5,11H,1,6H2,2-3H3,(H,9,12);1H. The van der Waals surface area contributed by atoms with Gasteiger partial charge < -0.3 is 15.3 Å². The van der Waals surface area contributed by atoms with Gasteiger partial charge >= 0.3 is 0 Å². The maximum absolute atomic E-state index is 10.6. The molecule has 0 aromatic carbocycles. The zero-order chi connectivity index (χ0) is 9.56. The van der Waals surface area contributed by atoms with Crippen LogP contribution in [0.5, 0.6) is 0 Å². The van der Waals surface area contributed by atoms with E-state index in [1.165, 1.54) is 6.20 Å². The van der Waals surface area contributed by atoms with E-state index in [4.69, 9.17) is 5.11 Å². The summed E-state index contributed by atoms with van der Waals surface area (Å²) >= 11 is 0. The summed E-state index contributed by atoms with van der Waals surface area (Å²) in [6.45, 7) is 3.67. The summed E-state index contributed by atoms with van der Waals surface area (Å²) < 4.78 is 0. The van der Waals surface area contributed by atoms with Gasteiger partial charge in [0.1, 0.15) is 5.76 Å². The van der Waals surface area contributed by atoms with Gasteiger partial charge in [0.2, 0.25) is 5.91 Å². The van der Waals surface area contributed by atoms with Gasteiger partial charge in [0.25, 0.3) is 0 Å². The number of nitrogens with one attached hydrogen (secondary N) is 1. The second-order valence-corrected chi connectivity index (χ2v) is 2.59. The van der Waals surface area contributed by atoms with Crippen molar-refractivity contribution in [2.45, 2.75) is 0 Å². The van der Waals surface area contributed by atoms with E-state index < -0.39 is 0 Å². The fraction of sp³-hybridized carbons (Fsp3) is 0.375. The molecule has 0 unspecified atom stereocenters. The van der Waals surface area contributed by atoms with Crippen molar-refractivity contribution in [2.75, 3.05) is 20.6 Å². The van der Waals surface area contributed by atoms with Gasteiger partial charge in [-0.25, -0.2) is 0 Å². The third-order valence-electron chi connectivity index (χ3n) is 1.04. The van der Waals surface area contributed by atoms with Crippen LogP contribution >= 0.6 is 12.4 Å². The molecule has 0 aliphatic heterocycles. The van der Waals surface area contributed by atoms with Crippen LogP contribution in [0, 0.1) is 0 Å². The number of amides is 1. The van der Waals surface area contributed by atoms with E-state index in [2.05, 4.69) is 11.9 Å². The lowest BCUT2D eigenvalue weighted by atomic mass is 10.5. The lowest BCUT2D eigenvalue weighted by Crippen LogP contribution is -2.19. The van der Waals surface area contributed by atoms with Crippen LogP contribution in [0.25, 0.3) is 0 Å². The van der Waals surface area contributed by atoms with Crippen LogP contribution in [-0.4, -0.2) is 36.6 Å². The molecular weight excluding hydrogens is 192 g/mol. The summed E-state index contributed by atoms with van der Waals surface area (Å²) in [7, 11) is 3.64. The number of likely N-dealkylation sites (N-methyl/N-ethyl adjacent to an activating group) is 1. The van der Waals surface area contributed by atoms with Crippen LogP contribution in [0.3, 0.4) is 0 Å². The second kappa shape index (κ2) is 7.64. The van der Waals surface area contributed by atoms with Crippen molar-refractivity contribution in [1.29, 1.82) is 0 Å². The molecule has 0 heterocycles. The smallest absolute Gasteiger partial charge is 0.247 e. The molecule has 0 radical (unpaired) electrons. The van der Waals surface area contributed by atoms with Crippen LogP contribution in [0.2, 0.25) is 0 Å². The van der Waals surface area contributed by atoms with Gasteiger partial charge in [0, 0.05) is 6.20 Å². The van der Waals surface area contributed by atoms with Crippen LogP contribution in [0.15, 0.2) is 24.6 Å². The Hall–Kier alpha value is -1.00. The zero-order valence-electron chi connectivity index (χ0n) is 7.78. The average Bonchev–Trinajstić information content (AvgIpc) is 1.99. The van der Waals surface area contributed by atoms with E-state index in [0.717, 1.165) is 6.08 Å². The molecule has 0 saturated heterocycles. The number of carbonyl (C=O) groups excluding carboxylic acids is 1. The van der Waals surface area contributed by atoms with Crippen LogP contribution < -0.4 is 5.32 Å². The number of hydrogen-bond acceptors (Lipinski definition) is 3. The quantitative estimate of drug-likeness (QED) is 0.525. The van der Waals surface area contributed by atoms with Gasteiger partial charge in [-0.3, -0.25) is 4.79 Å². The second-order valence-electron chi connectivity index (χ2n) is 2.59. The number of aliphatic hydroxyl groups is 1. The summed E-state index contributed by atoms with van der Waals surface area (Å²) in [6, 6.07) is 0. The predicted octanol–water partition coefficient (Wildman–Crippen LogP) is 0.671. The van der Waals surface area contributed by atoms with E-state index in [0.29, 0.717) is 6.54 Å². The van der Waals surface area contributed by atoms with Crippen LogP contribution in [0.1, 0.15) is 0 Å². The molecule has 13 heavy (non-hydrogen) atoms. The molecule has 0 aliphatic rings. The van der Waals surface area contributed by atoms with Gasteiger partial charge in [0.05, 0.1) is 6.54 Å². The maximum Gasteiger partial charge on any atom is 0.247 e. The highest BCUT2D eigenvalue weighted by Gasteiger charge is 1.95. The lowest BCUT2D eigenvalue weighted by Gasteiger charge is -2.07. The highest BCUT2D eigenvalue weighted by Crippen LogP contribution is 1.87. The molecular formula is C8H15ClN2O2. The van der Waals surface area contributed by atoms with Crippen molar-refractivity contribution in [2.24, 2.45) is 0 Å². The third-order valence-corrected chi connectivity index (χ3v) is 1.04. The number of hydrogen-bond donors (Lipinski definition) is 2. The molecule has 1 amide bonds. The molecule has 0 aliphatic carbocycles. The molecule has 2 N–H and O–H groups in total. The Morgan fingerprint density at radius 1 is 1.62 bits per heavy atom. The minimum absolute atomic E-state index is 0. The van der Waals surface area contributed by atoms with Crippen molar-refractivity contribution in [3.63, 3.8) is 0 Å². The molecule has 0 aromatic heterocycles. The molecule has 0 bridgehead atoms. The average molecular weight is 207 g/mol. The van der Waals surface area contributed by atoms with Crippen molar-refractivity contribution in [3.8, 4) is 0 Å². The van der Waals surface area contributed by atoms with E-state index in [1.807, 2.05) is 14.1 Å². The Labute approximate surface area is 84.3 Å². The van der Waals surface area contributed by atoms with Crippen molar-refractivity contribution in [3.05, 3.63) is 24.6 Å². The highest BCUT2D eigenvalue weighted by molar-refractivity contribution is 5.87. The third kappa shape index (κ3) is 8.91. The minimum atomic E-state index is -0.333. The first-order valence-corrected chi connectivity index (χ1v) is 3.52. The Morgan fingerprint density at radius 3 is 2.54 bits per heavy atom. The van der Waals surface area contributed by atoms with Crippen LogP contribution in [-0.2, 0) is 4.79 Å². The number of rotatable bonds is 4. The first-order chi connectivity index (χ1) is 5.56. The van der Waals surface area contributed by atoms with Gasteiger partial charge in [-0.2, -0.15) is 0 Å². The fourth-order valence-electron chi connectivity index (χ4n) is 0.583. The monoisotopic (exact) mass is 206 g/mol. The molecule has 0 saturated carbocycles. The van der Waals surface area contributed by atoms with E-state index in [-0.39, 0.29) is 24.1 Å². The number of aliphatic hydroxyl groups excluding tert-OH is 1. The van der Waals surface area contributed by atoms with E-state index in [1.54, 1.807) is 4.90 Å². The highest BCUT2D eigenvalue weighted by atomic mass is 35.5. The SMILES string of the molecule is C=CC(=O)NC=C(O)CN(C)C.Cl. The topological polar surface area (TPSA) is 52.6 Å². The van der Waals surface area contributed by atoms with Crippen molar-refractivity contribution >= 4 is 18.3 Å². The van der Waals surface area contributed by atoms with Crippen LogP contribution in [0.4, 0.5) is 0 Å². The Morgan fingerprint density at radius 2 is 2.15 bits per heavy atom. The number of nitrogens with zero attached hydrogens (tertiary/aromatic N) is 1. The lowest BCUT2D eigenvalue weighted by molar-refractivity contribution is -0.115. The van der Waals surface area contributed by atoms with Crippen molar-refractivity contribution in [1.82, 2.24) is 10.2 Å². The summed E-state index contributed by atoms with van der Waals surface area (Å²) in [4.78, 5) is 12.4. The molecule has 4 nitrogen and oxygen atoms in total. The molecule has 0 rings (SSSR count). The van der Waals surface area contributed by atoms with Gasteiger partial charge in [0.15, 0.2) is 0 Å². The summed E-state index contributed by atoms with van der Waals surface area (Å²) in [6.07, 6.45) is 2.39. The molecule has 0 atom stereocenters. The van der Waals surface area contributed by atoms with Gasteiger partial charge in [-0.1, -0.05) is 6.58 Å². The Kier molecular flexibility index (Phi) is 8.53. The van der Waals surface area contributed by atoms with E-state index in [9.17, 15) is 4.79 Å². The molecule has 0 aromatic rings. The number of carbonyl (C=O) groups is 1. The maximum atomic E-state index is 10.6. The van der Waals surface area contributed by atoms with Gasteiger partial charge in [-0.15, -0.1) is 12.4 Å². The van der Waals surface area contributed by atoms with Crippen molar-refractivity contribution < 1.29 is 9.90 Å². The molecule has 0 fully saturated rings. The predicted molar refractivity (Wildman–Crippen MR) is 54.9 cm³/mol. The summed E-state index contributed by atoms with van der Waals surface area (Å²) in [5.74, 6) is -0.226. The van der Waals surface area contributed by atoms with E-state index >= 15 is 0 Å². The zero-order valence-corrected chi connectivity index (χ0v) is 8.60. The Bertz CT molecular complexity index is 202. The largest absolute Gasteiger partial charge is 0.509 e. The fourth-order valence-corrected chi connectivity index (χ4v) is 0.583. The van der Waals surface area contributed by atoms with Gasteiger partial charge in [-0.05, 0) is 20.2 Å². The minimum Gasteiger partial charge on any atom is -0.509 e. The molecule has 5 heteroatoms.